The second kappa shape index (κ2) is 6.39. The molecule has 2 atom stereocenters. The van der Waals surface area contributed by atoms with Crippen LogP contribution in [-0.2, 0) is 4.79 Å². The Morgan fingerprint density at radius 3 is 2.41 bits per heavy atom. The minimum atomic E-state index is 0.311. The minimum Gasteiger partial charge on any atom is -0.342 e. The van der Waals surface area contributed by atoms with E-state index in [-0.39, 0.29) is 0 Å². The average molecular weight is 238 g/mol. The lowest BCUT2D eigenvalue weighted by Gasteiger charge is -2.23. The molecule has 2 unspecified atom stereocenters. The maximum absolute atomic E-state index is 12.1. The Morgan fingerprint density at radius 1 is 1.12 bits per heavy atom. The summed E-state index contributed by atoms with van der Waals surface area (Å²) in [5.41, 5.74) is 0. The SMILES string of the molecule is CC1CCCC1NCC(=O)N1CCCCCC1. The molecule has 2 fully saturated rings. The van der Waals surface area contributed by atoms with Crippen LogP contribution in [0.1, 0.15) is 51.9 Å². The first-order valence-electron chi connectivity index (χ1n) is 7.28. The summed E-state index contributed by atoms with van der Waals surface area (Å²) < 4.78 is 0. The van der Waals surface area contributed by atoms with Gasteiger partial charge in [-0.1, -0.05) is 26.2 Å². The first kappa shape index (κ1) is 12.9. The summed E-state index contributed by atoms with van der Waals surface area (Å²) in [6.07, 6.45) is 8.83. The van der Waals surface area contributed by atoms with Crippen LogP contribution in [0.15, 0.2) is 0 Å². The van der Waals surface area contributed by atoms with Gasteiger partial charge in [-0.3, -0.25) is 4.79 Å². The van der Waals surface area contributed by atoms with E-state index in [1.54, 1.807) is 0 Å². The van der Waals surface area contributed by atoms with Crippen molar-refractivity contribution in [3.05, 3.63) is 0 Å². The van der Waals surface area contributed by atoms with Crippen LogP contribution in [0.5, 0.6) is 0 Å². The number of nitrogens with one attached hydrogen (secondary N) is 1. The Labute approximate surface area is 105 Å². The van der Waals surface area contributed by atoms with Crippen molar-refractivity contribution in [2.75, 3.05) is 19.6 Å². The standard InChI is InChI=1S/C14H26N2O/c1-12-7-6-8-13(12)15-11-14(17)16-9-4-2-3-5-10-16/h12-13,15H,2-11H2,1H3. The molecule has 17 heavy (non-hydrogen) atoms. The van der Waals surface area contributed by atoms with E-state index in [0.717, 1.165) is 19.0 Å². The van der Waals surface area contributed by atoms with E-state index < -0.39 is 0 Å². The molecule has 98 valence electrons. The number of carbonyl (C=O) groups is 1. The number of hydrogen-bond acceptors (Lipinski definition) is 2. The summed E-state index contributed by atoms with van der Waals surface area (Å²) in [7, 11) is 0. The number of amides is 1. The molecule has 3 nitrogen and oxygen atoms in total. The van der Waals surface area contributed by atoms with Crippen molar-refractivity contribution in [3.8, 4) is 0 Å². The zero-order chi connectivity index (χ0) is 12.1. The number of nitrogens with zero attached hydrogens (tertiary/aromatic N) is 1. The molecular formula is C14H26N2O. The van der Waals surface area contributed by atoms with E-state index in [1.165, 1.54) is 44.9 Å². The van der Waals surface area contributed by atoms with E-state index >= 15 is 0 Å². The first-order valence-corrected chi connectivity index (χ1v) is 7.28. The molecule has 1 saturated carbocycles. The Bertz CT molecular complexity index is 247. The highest BCUT2D eigenvalue weighted by Crippen LogP contribution is 2.24. The molecule has 0 aromatic rings. The molecule has 0 aromatic heterocycles. The topological polar surface area (TPSA) is 32.3 Å². The molecule has 1 amide bonds. The lowest BCUT2D eigenvalue weighted by Crippen LogP contribution is -2.42. The molecule has 2 aliphatic rings. The van der Waals surface area contributed by atoms with Crippen LogP contribution in [0.25, 0.3) is 0 Å². The van der Waals surface area contributed by atoms with Crippen LogP contribution in [0, 0.1) is 5.92 Å². The normalized spacial score (nSPS) is 30.3. The second-order valence-corrected chi connectivity index (χ2v) is 5.69. The van der Waals surface area contributed by atoms with Crippen molar-refractivity contribution in [1.29, 1.82) is 0 Å². The number of carbonyl (C=O) groups excluding carboxylic acids is 1. The van der Waals surface area contributed by atoms with E-state index in [4.69, 9.17) is 0 Å². The van der Waals surface area contributed by atoms with Crippen molar-refractivity contribution in [1.82, 2.24) is 10.2 Å². The largest absolute Gasteiger partial charge is 0.342 e. The fourth-order valence-corrected chi connectivity index (χ4v) is 3.10. The third kappa shape index (κ3) is 3.70. The monoisotopic (exact) mass is 238 g/mol. The molecule has 1 aliphatic heterocycles. The smallest absolute Gasteiger partial charge is 0.236 e. The van der Waals surface area contributed by atoms with Crippen LogP contribution in [0.3, 0.4) is 0 Å². The Morgan fingerprint density at radius 2 is 1.82 bits per heavy atom. The molecule has 0 aromatic carbocycles. The summed E-state index contributed by atoms with van der Waals surface area (Å²) in [6.45, 7) is 4.79. The zero-order valence-corrected chi connectivity index (χ0v) is 11.1. The summed E-state index contributed by atoms with van der Waals surface area (Å²) >= 11 is 0. The molecule has 3 heteroatoms. The van der Waals surface area contributed by atoms with Gasteiger partial charge in [0.2, 0.25) is 5.91 Å². The van der Waals surface area contributed by atoms with Crippen LogP contribution < -0.4 is 5.32 Å². The van der Waals surface area contributed by atoms with Crippen LogP contribution in [-0.4, -0.2) is 36.5 Å². The lowest BCUT2D eigenvalue weighted by atomic mass is 10.1. The van der Waals surface area contributed by atoms with Crippen molar-refractivity contribution < 1.29 is 4.79 Å². The van der Waals surface area contributed by atoms with Gasteiger partial charge in [0, 0.05) is 19.1 Å². The van der Waals surface area contributed by atoms with Gasteiger partial charge in [0.05, 0.1) is 6.54 Å². The molecule has 1 N–H and O–H groups in total. The quantitative estimate of drug-likeness (QED) is 0.817. The zero-order valence-electron chi connectivity index (χ0n) is 11.1. The van der Waals surface area contributed by atoms with E-state index in [2.05, 4.69) is 17.1 Å². The molecule has 2 rings (SSSR count). The van der Waals surface area contributed by atoms with Gasteiger partial charge in [0.1, 0.15) is 0 Å². The van der Waals surface area contributed by atoms with Gasteiger partial charge in [-0.25, -0.2) is 0 Å². The first-order chi connectivity index (χ1) is 8.27. The lowest BCUT2D eigenvalue weighted by molar-refractivity contribution is -0.130. The molecule has 0 bridgehead atoms. The van der Waals surface area contributed by atoms with Crippen molar-refractivity contribution in [2.24, 2.45) is 5.92 Å². The minimum absolute atomic E-state index is 0.311. The molecule has 1 aliphatic carbocycles. The molecule has 1 saturated heterocycles. The van der Waals surface area contributed by atoms with Gasteiger partial charge in [-0.2, -0.15) is 0 Å². The Hall–Kier alpha value is -0.570. The van der Waals surface area contributed by atoms with Gasteiger partial charge < -0.3 is 10.2 Å². The summed E-state index contributed by atoms with van der Waals surface area (Å²) in [5, 5.41) is 3.46. The summed E-state index contributed by atoms with van der Waals surface area (Å²) in [6, 6.07) is 0.575. The number of likely N-dealkylation sites (tertiary alicyclic amines) is 1. The molecule has 0 spiro atoms. The fraction of sp³-hybridized carbons (Fsp3) is 0.929. The van der Waals surface area contributed by atoms with Gasteiger partial charge in [0.15, 0.2) is 0 Å². The summed E-state index contributed by atoms with van der Waals surface area (Å²) in [5.74, 6) is 1.05. The van der Waals surface area contributed by atoms with Gasteiger partial charge in [-0.15, -0.1) is 0 Å². The Kier molecular flexibility index (Phi) is 4.84. The van der Waals surface area contributed by atoms with Crippen LogP contribution >= 0.6 is 0 Å². The third-order valence-electron chi connectivity index (χ3n) is 4.34. The van der Waals surface area contributed by atoms with E-state index in [0.29, 0.717) is 18.5 Å². The van der Waals surface area contributed by atoms with Gasteiger partial charge >= 0.3 is 0 Å². The predicted molar refractivity (Wildman–Crippen MR) is 69.9 cm³/mol. The number of hydrogen-bond donors (Lipinski definition) is 1. The van der Waals surface area contributed by atoms with E-state index in [9.17, 15) is 4.79 Å². The summed E-state index contributed by atoms with van der Waals surface area (Å²) in [4.78, 5) is 14.1. The highest BCUT2D eigenvalue weighted by atomic mass is 16.2. The maximum Gasteiger partial charge on any atom is 0.236 e. The average Bonchev–Trinajstić information content (AvgIpc) is 2.58. The van der Waals surface area contributed by atoms with Crippen LogP contribution in [0.2, 0.25) is 0 Å². The van der Waals surface area contributed by atoms with Gasteiger partial charge in [-0.05, 0) is 31.6 Å². The van der Waals surface area contributed by atoms with Crippen molar-refractivity contribution >= 4 is 5.91 Å². The molecule has 0 radical (unpaired) electrons. The molecule has 1 heterocycles. The van der Waals surface area contributed by atoms with Crippen molar-refractivity contribution in [3.63, 3.8) is 0 Å². The maximum atomic E-state index is 12.1. The fourth-order valence-electron chi connectivity index (χ4n) is 3.10. The predicted octanol–water partition coefficient (Wildman–Crippen LogP) is 2.17. The van der Waals surface area contributed by atoms with Crippen molar-refractivity contribution in [2.45, 2.75) is 57.9 Å². The number of rotatable bonds is 3. The van der Waals surface area contributed by atoms with Gasteiger partial charge in [0.25, 0.3) is 0 Å². The highest BCUT2D eigenvalue weighted by molar-refractivity contribution is 5.78. The second-order valence-electron chi connectivity index (χ2n) is 5.69. The third-order valence-corrected chi connectivity index (χ3v) is 4.34. The Balaban J connectivity index is 1.72. The highest BCUT2D eigenvalue weighted by Gasteiger charge is 2.24. The van der Waals surface area contributed by atoms with Crippen LogP contribution in [0.4, 0.5) is 0 Å². The van der Waals surface area contributed by atoms with E-state index in [1.807, 2.05) is 0 Å². The molecular weight excluding hydrogens is 212 g/mol.